The summed E-state index contributed by atoms with van der Waals surface area (Å²) < 4.78 is 5.14. The van der Waals surface area contributed by atoms with Gasteiger partial charge in [0.15, 0.2) is 0 Å². The Bertz CT molecular complexity index is 884. The van der Waals surface area contributed by atoms with Crippen molar-refractivity contribution in [2.24, 2.45) is 10.7 Å². The standard InChI is InChI=1S/C20H22N4O4.ClH/c1-28-17-8-4-14(5-9-17)12-22-20(21)18-10-11-19(25)23(18)13-15-2-6-16(7-3-15)24(26)27;/h2-9,18H,10-13H2,1H3,(H2,21,22);1H/t18-;/m0./s1. The van der Waals surface area contributed by atoms with E-state index in [0.29, 0.717) is 31.8 Å². The number of nitro groups is 1. The number of nitro benzene ring substituents is 1. The van der Waals surface area contributed by atoms with Crippen LogP contribution in [0, 0.1) is 10.1 Å². The number of halogens is 1. The number of hydrogen-bond donors (Lipinski definition) is 1. The number of hydrogen-bond acceptors (Lipinski definition) is 5. The minimum absolute atomic E-state index is 0. The van der Waals surface area contributed by atoms with E-state index in [4.69, 9.17) is 10.5 Å². The van der Waals surface area contributed by atoms with Gasteiger partial charge in [0, 0.05) is 25.1 Å². The molecule has 8 nitrogen and oxygen atoms in total. The Hall–Kier alpha value is -3.13. The van der Waals surface area contributed by atoms with Crippen molar-refractivity contribution < 1.29 is 14.5 Å². The SMILES string of the molecule is COc1ccc(CN=C(N)[C@@H]2CCC(=O)N2Cc2ccc([N+](=O)[O-])cc2)cc1.Cl. The molecule has 0 bridgehead atoms. The predicted molar refractivity (Wildman–Crippen MR) is 112 cm³/mol. The molecule has 1 fully saturated rings. The van der Waals surface area contributed by atoms with Gasteiger partial charge < -0.3 is 15.4 Å². The van der Waals surface area contributed by atoms with Crippen LogP contribution in [0.4, 0.5) is 5.69 Å². The second kappa shape index (κ2) is 9.88. The van der Waals surface area contributed by atoms with Crippen LogP contribution in [0.3, 0.4) is 0 Å². The van der Waals surface area contributed by atoms with Crippen LogP contribution in [0.25, 0.3) is 0 Å². The Kier molecular flexibility index (Phi) is 7.55. The molecule has 0 radical (unpaired) electrons. The van der Waals surface area contributed by atoms with Crippen LogP contribution >= 0.6 is 12.4 Å². The largest absolute Gasteiger partial charge is 0.497 e. The molecule has 2 aromatic carbocycles. The summed E-state index contributed by atoms with van der Waals surface area (Å²) >= 11 is 0. The third kappa shape index (κ3) is 5.45. The van der Waals surface area contributed by atoms with E-state index < -0.39 is 4.92 Å². The number of nitrogens with two attached hydrogens (primary N) is 1. The van der Waals surface area contributed by atoms with Crippen LogP contribution in [0.2, 0.25) is 0 Å². The molecule has 1 heterocycles. The minimum atomic E-state index is -0.447. The van der Waals surface area contributed by atoms with Crippen molar-refractivity contribution in [2.75, 3.05) is 7.11 Å². The van der Waals surface area contributed by atoms with Crippen LogP contribution in [0.15, 0.2) is 53.5 Å². The van der Waals surface area contributed by atoms with Gasteiger partial charge in [-0.25, -0.2) is 0 Å². The molecular formula is C20H23ClN4O4. The lowest BCUT2D eigenvalue weighted by atomic mass is 10.1. The van der Waals surface area contributed by atoms with Crippen molar-refractivity contribution in [1.29, 1.82) is 0 Å². The summed E-state index contributed by atoms with van der Waals surface area (Å²) in [5, 5.41) is 10.8. The normalized spacial score (nSPS) is 16.4. The number of non-ortho nitro benzene ring substituents is 1. The second-order valence-electron chi connectivity index (χ2n) is 6.59. The molecule has 1 amide bonds. The zero-order valence-corrected chi connectivity index (χ0v) is 16.8. The number of carbonyl (C=O) groups excluding carboxylic acids is 1. The van der Waals surface area contributed by atoms with Gasteiger partial charge in [-0.05, 0) is 29.7 Å². The first-order valence-electron chi connectivity index (χ1n) is 8.93. The van der Waals surface area contributed by atoms with Gasteiger partial charge in [-0.1, -0.05) is 24.3 Å². The van der Waals surface area contributed by atoms with Gasteiger partial charge in [-0.3, -0.25) is 19.9 Å². The minimum Gasteiger partial charge on any atom is -0.497 e. The number of rotatable bonds is 7. The van der Waals surface area contributed by atoms with Crippen LogP contribution in [-0.2, 0) is 17.9 Å². The Morgan fingerprint density at radius 1 is 1.21 bits per heavy atom. The third-order valence-corrected chi connectivity index (χ3v) is 4.77. The van der Waals surface area contributed by atoms with Crippen molar-refractivity contribution >= 4 is 29.8 Å². The highest BCUT2D eigenvalue weighted by molar-refractivity contribution is 5.93. The summed E-state index contributed by atoms with van der Waals surface area (Å²) in [6.45, 7) is 0.770. The molecule has 154 valence electrons. The van der Waals surface area contributed by atoms with Crippen molar-refractivity contribution in [3.8, 4) is 5.75 Å². The van der Waals surface area contributed by atoms with Gasteiger partial charge >= 0.3 is 0 Å². The first-order chi connectivity index (χ1) is 13.5. The highest BCUT2D eigenvalue weighted by Gasteiger charge is 2.33. The summed E-state index contributed by atoms with van der Waals surface area (Å²) in [5.41, 5.74) is 8.03. The molecule has 1 atom stereocenters. The van der Waals surface area contributed by atoms with E-state index in [1.807, 2.05) is 24.3 Å². The van der Waals surface area contributed by atoms with Gasteiger partial charge in [0.2, 0.25) is 5.91 Å². The average molecular weight is 419 g/mol. The lowest BCUT2D eigenvalue weighted by Gasteiger charge is -2.24. The molecular weight excluding hydrogens is 396 g/mol. The predicted octanol–water partition coefficient (Wildman–Crippen LogP) is 3.07. The van der Waals surface area contributed by atoms with Crippen molar-refractivity contribution in [1.82, 2.24) is 4.90 Å². The van der Waals surface area contributed by atoms with Crippen LogP contribution in [-0.4, -0.2) is 34.7 Å². The van der Waals surface area contributed by atoms with E-state index in [0.717, 1.165) is 16.9 Å². The lowest BCUT2D eigenvalue weighted by Crippen LogP contribution is -2.42. The molecule has 0 aliphatic carbocycles. The van der Waals surface area contributed by atoms with Crippen molar-refractivity contribution in [3.05, 3.63) is 69.8 Å². The molecule has 29 heavy (non-hydrogen) atoms. The molecule has 1 saturated heterocycles. The zero-order chi connectivity index (χ0) is 20.1. The maximum absolute atomic E-state index is 12.3. The number of ether oxygens (including phenoxy) is 1. The van der Waals surface area contributed by atoms with Crippen LogP contribution < -0.4 is 10.5 Å². The van der Waals surface area contributed by atoms with E-state index in [1.165, 1.54) is 12.1 Å². The molecule has 0 spiro atoms. The molecule has 2 N–H and O–H groups in total. The number of aliphatic imine (C=N–C) groups is 1. The fourth-order valence-electron chi connectivity index (χ4n) is 3.18. The Labute approximate surface area is 174 Å². The number of likely N-dealkylation sites (tertiary alicyclic amines) is 1. The van der Waals surface area contributed by atoms with E-state index in [1.54, 1.807) is 24.1 Å². The summed E-state index contributed by atoms with van der Waals surface area (Å²) in [6, 6.07) is 13.5. The molecule has 1 aliphatic heterocycles. The molecule has 9 heteroatoms. The first kappa shape index (κ1) is 22.2. The molecule has 1 aliphatic rings. The number of amides is 1. The smallest absolute Gasteiger partial charge is 0.269 e. The monoisotopic (exact) mass is 418 g/mol. The van der Waals surface area contributed by atoms with E-state index in [9.17, 15) is 14.9 Å². The zero-order valence-electron chi connectivity index (χ0n) is 16.0. The molecule has 0 saturated carbocycles. The quantitative estimate of drug-likeness (QED) is 0.321. The fourth-order valence-corrected chi connectivity index (χ4v) is 3.18. The average Bonchev–Trinajstić information content (AvgIpc) is 3.07. The summed E-state index contributed by atoms with van der Waals surface area (Å²) in [6.07, 6.45) is 1.03. The topological polar surface area (TPSA) is 111 Å². The molecule has 2 aromatic rings. The summed E-state index contributed by atoms with van der Waals surface area (Å²) in [4.78, 5) is 28.8. The number of nitrogens with zero attached hydrogens (tertiary/aromatic N) is 3. The van der Waals surface area contributed by atoms with E-state index in [2.05, 4.69) is 4.99 Å². The van der Waals surface area contributed by atoms with E-state index >= 15 is 0 Å². The fraction of sp³-hybridized carbons (Fsp3) is 0.300. The highest BCUT2D eigenvalue weighted by atomic mass is 35.5. The maximum atomic E-state index is 12.3. The Morgan fingerprint density at radius 2 is 1.83 bits per heavy atom. The number of methoxy groups -OCH3 is 1. The Morgan fingerprint density at radius 3 is 2.41 bits per heavy atom. The second-order valence-corrected chi connectivity index (χ2v) is 6.59. The first-order valence-corrected chi connectivity index (χ1v) is 8.93. The van der Waals surface area contributed by atoms with Gasteiger partial charge in [-0.15, -0.1) is 12.4 Å². The molecule has 0 unspecified atom stereocenters. The number of amidine groups is 1. The maximum Gasteiger partial charge on any atom is 0.269 e. The highest BCUT2D eigenvalue weighted by Crippen LogP contribution is 2.23. The van der Waals surface area contributed by atoms with Gasteiger partial charge in [-0.2, -0.15) is 0 Å². The summed E-state index contributed by atoms with van der Waals surface area (Å²) in [7, 11) is 1.61. The van der Waals surface area contributed by atoms with Gasteiger partial charge in [0.05, 0.1) is 24.6 Å². The molecule has 0 aromatic heterocycles. The van der Waals surface area contributed by atoms with Crippen LogP contribution in [0.5, 0.6) is 5.75 Å². The lowest BCUT2D eigenvalue weighted by molar-refractivity contribution is -0.384. The molecule has 3 rings (SSSR count). The summed E-state index contributed by atoms with van der Waals surface area (Å²) in [5.74, 6) is 1.20. The third-order valence-electron chi connectivity index (χ3n) is 4.77. The number of benzene rings is 2. The van der Waals surface area contributed by atoms with Gasteiger partial charge in [0.1, 0.15) is 11.6 Å². The Balaban J connectivity index is 0.00000300. The van der Waals surface area contributed by atoms with Gasteiger partial charge in [0.25, 0.3) is 5.69 Å². The number of carbonyl (C=O) groups is 1. The van der Waals surface area contributed by atoms with Crippen molar-refractivity contribution in [3.63, 3.8) is 0 Å². The van der Waals surface area contributed by atoms with Crippen LogP contribution in [0.1, 0.15) is 24.0 Å². The van der Waals surface area contributed by atoms with E-state index in [-0.39, 0.29) is 30.0 Å². The van der Waals surface area contributed by atoms with Crippen molar-refractivity contribution in [2.45, 2.75) is 32.0 Å².